The van der Waals surface area contributed by atoms with E-state index in [-0.39, 0.29) is 95.5 Å². The molecule has 0 fully saturated rings. The third kappa shape index (κ3) is 29.3. The molecular formula is C108H92Cu4N25OP5+3. The molecule has 14 aromatic carbocycles. The molecule has 0 spiro atoms. The number of para-hydroxylation sites is 2. The number of rotatable bonds is 16. The monoisotopic (exact) mass is 2160 g/mol. The van der Waals surface area contributed by atoms with Crippen LogP contribution in [0.5, 0.6) is 11.5 Å². The Morgan fingerprint density at radius 1 is 0.273 bits per heavy atom. The molecule has 10 heterocycles. The first-order valence-electron chi connectivity index (χ1n) is 43.1. The minimum atomic E-state index is -1.18. The number of nitrogens with one attached hydrogen (secondary N) is 1. The predicted molar refractivity (Wildman–Crippen MR) is 574 cm³/mol. The summed E-state index contributed by atoms with van der Waals surface area (Å²) in [6, 6.07) is 141. The molecular weight excluding hydrogens is 2070 g/mol. The van der Waals surface area contributed by atoms with Crippen LogP contribution in [0.15, 0.2) is 443 Å². The summed E-state index contributed by atoms with van der Waals surface area (Å²) >= 11 is 0. The Labute approximate surface area is 879 Å². The first kappa shape index (κ1) is 110. The molecule has 2 atom stereocenters. The molecule has 0 bridgehead atoms. The molecule has 2 unspecified atom stereocenters. The van der Waals surface area contributed by atoms with E-state index in [0.29, 0.717) is 29.1 Å². The first-order chi connectivity index (χ1) is 67.4. The summed E-state index contributed by atoms with van der Waals surface area (Å²) in [7, 11) is -2.71. The summed E-state index contributed by atoms with van der Waals surface area (Å²) in [5.41, 5.74) is 4.52. The number of ether oxygens (including phenoxy) is 1. The number of hydrogen-bond donors (Lipinski definition) is 1. The number of nitrogens with zero attached hydrogens (tertiary/aromatic N) is 24. The van der Waals surface area contributed by atoms with Crippen molar-refractivity contribution in [1.82, 2.24) is 128 Å². The molecule has 721 valence electrons. The normalized spacial score (nSPS) is 10.1. The molecule has 1 N–H and O–H groups in total. The largest absolute Gasteiger partial charge is 2.00 e. The molecule has 0 aliphatic heterocycles. The molecule has 10 aromatic heterocycles. The molecule has 24 rings (SSSR count). The average molecular weight is 2170 g/mol. The van der Waals surface area contributed by atoms with Crippen molar-refractivity contribution in [2.45, 2.75) is 0 Å². The van der Waals surface area contributed by atoms with Gasteiger partial charge in [-0.2, -0.15) is 64.4 Å². The fourth-order valence-corrected chi connectivity index (χ4v) is 22.3. The topological polar surface area (TPSA) is 339 Å². The van der Waals surface area contributed by atoms with E-state index in [1.54, 1.807) is 31.0 Å². The van der Waals surface area contributed by atoms with E-state index in [9.17, 15) is 0 Å². The third-order valence-corrected chi connectivity index (χ3v) is 29.3. The molecule has 24 aromatic rings. The van der Waals surface area contributed by atoms with Crippen molar-refractivity contribution in [2.24, 2.45) is 0 Å². The zero-order valence-electron chi connectivity index (χ0n) is 76.5. The van der Waals surface area contributed by atoms with Crippen LogP contribution in [0.3, 0.4) is 0 Å². The first-order valence-corrected chi connectivity index (χ1v) is 47.8. The van der Waals surface area contributed by atoms with Crippen molar-refractivity contribution < 1.29 is 73.0 Å². The second kappa shape index (κ2) is 57.9. The fraction of sp³-hybridized carbons (Fsp3) is 0.00926. The second-order valence-electron chi connectivity index (χ2n) is 29.7. The SMILES string of the molecule is P.P.[CH2-]C[PH+](c1ccccc1)c1ccccc1.[CH2-]c1ccccc1Oc1ccccc1[PH+](c1ccccc1)c1ccccc1.[CH3-].[Cu+2].[Cu+2].[Cu+2].[Cu+].c1ccc([PH+](c2ccccc2)c2ccccc2)cc1.c1ccc2c(-c3nn[nH]n3)nccc2c1.c1ccc2c(-c3nnn[n-]3)nccc2c1.c1ccc2c(-c3nnn[n-]3)nccc2c1.c1ccc2c(-c3nnn[n-]3)nccc2c1.c1ccc2c(-c3nnn[n-]3)nccc2c1. The van der Waals surface area contributed by atoms with Crippen molar-refractivity contribution in [3.63, 3.8) is 0 Å². The van der Waals surface area contributed by atoms with Crippen molar-refractivity contribution in [3.8, 4) is 69.1 Å². The Morgan fingerprint density at radius 3 is 0.804 bits per heavy atom. The van der Waals surface area contributed by atoms with Gasteiger partial charge in [-0.25, -0.2) is 0 Å². The quantitative estimate of drug-likeness (QED) is 0.0533. The molecule has 26 nitrogen and oxygen atoms in total. The van der Waals surface area contributed by atoms with E-state index in [1.165, 1.54) is 42.4 Å². The molecule has 143 heavy (non-hydrogen) atoms. The van der Waals surface area contributed by atoms with Crippen LogP contribution in [-0.4, -0.2) is 114 Å². The Bertz CT molecular complexity index is 6930. The molecule has 0 amide bonds. The summed E-state index contributed by atoms with van der Waals surface area (Å²) in [4.78, 5) is 21.2. The van der Waals surface area contributed by atoms with E-state index in [0.717, 1.165) is 106 Å². The van der Waals surface area contributed by atoms with Gasteiger partial charge >= 0.3 is 68.3 Å². The van der Waals surface area contributed by atoms with Crippen LogP contribution < -0.4 is 67.6 Å². The Balaban J connectivity index is 0.000000168. The van der Waals surface area contributed by atoms with Gasteiger partial charge in [0.15, 0.2) is 5.75 Å². The van der Waals surface area contributed by atoms with Crippen LogP contribution in [0, 0.1) is 21.3 Å². The summed E-state index contributed by atoms with van der Waals surface area (Å²) in [5.74, 6) is 4.08. The van der Waals surface area contributed by atoms with Gasteiger partial charge in [-0.15, -0.1) is 16.3 Å². The standard InChI is InChI=1S/C25H20OP.C18H15P.C14H14P.C10H7N5.4C10H6N5.CH3.4Cu.2H3P/c1-20-12-8-9-17-23(20)26-24-18-10-11-19-25(24)27(21-13-4-2-5-14-21)22-15-6-3-7-16-22;1-4-10-16(11-5-1)19(17-12-6-2-7-13-17)18-14-8-3-9-15-18;1-2-15(13-9-5-3-6-10-13)14-11-7-4-8-12-14;5*1-2-4-8-7(3-1)5-6-11-9(8)10-12-14-15-13-10;;;;;;;/h2-19H,1H2;1-15H;3-12H,1-2H2;1-6H,(H,12,13,14,15);4*1-6H;1H3;;;;;2*1H3/q-1;;-1;;5*-1;+1;3*+2;;/p+3. The van der Waals surface area contributed by atoms with Gasteiger partial charge in [-0.1, -0.05) is 279 Å². The Kier molecular flexibility index (Phi) is 44.7. The number of tetrazole rings is 5. The van der Waals surface area contributed by atoms with Gasteiger partial charge in [0.05, 0.1) is 64.6 Å². The molecule has 3 radical (unpaired) electrons. The number of pyridine rings is 5. The van der Waals surface area contributed by atoms with Crippen LogP contribution in [0.1, 0.15) is 5.56 Å². The van der Waals surface area contributed by atoms with Crippen molar-refractivity contribution in [1.29, 1.82) is 0 Å². The maximum absolute atomic E-state index is 6.33. The van der Waals surface area contributed by atoms with Crippen molar-refractivity contribution >= 4 is 140 Å². The molecule has 0 saturated heterocycles. The number of H-pyrrole nitrogens is 1. The van der Waals surface area contributed by atoms with Crippen molar-refractivity contribution in [3.05, 3.63) is 470 Å². The summed E-state index contributed by atoms with van der Waals surface area (Å²) in [6.07, 6.45) is 9.66. The summed E-state index contributed by atoms with van der Waals surface area (Å²) in [6.45, 7) is 8.17. The molecule has 0 saturated carbocycles. The average Bonchev–Trinajstić information content (AvgIpc) is 0.849. The smallest absolute Gasteiger partial charge is 0.513 e. The Hall–Kier alpha value is -14.6. The molecule has 35 heteroatoms. The molecule has 0 aliphatic rings. The number of benzene rings is 14. The van der Waals surface area contributed by atoms with Crippen molar-refractivity contribution in [2.75, 3.05) is 6.16 Å². The zero-order valence-corrected chi connectivity index (χ0v) is 86.1. The summed E-state index contributed by atoms with van der Waals surface area (Å²) < 4.78 is 6.33. The van der Waals surface area contributed by atoms with E-state index < -0.39 is 23.8 Å². The van der Waals surface area contributed by atoms with E-state index >= 15 is 0 Å². The number of aromatic amines is 1. The Morgan fingerprint density at radius 2 is 0.524 bits per heavy atom. The number of fused-ring (bicyclic) bond motifs is 5. The van der Waals surface area contributed by atoms with Gasteiger partial charge in [0.1, 0.15) is 45.4 Å². The van der Waals surface area contributed by atoms with Crippen LogP contribution in [-0.2, 0) is 68.3 Å². The third-order valence-electron chi connectivity index (χ3n) is 21.2. The minimum absolute atomic E-state index is 0. The van der Waals surface area contributed by atoms with E-state index in [2.05, 4.69) is 372 Å². The number of hydrogen-bond acceptors (Lipinski definition) is 21. The maximum atomic E-state index is 6.33. The predicted octanol–water partition coefficient (Wildman–Crippen LogP) is 17.2. The van der Waals surface area contributed by atoms with Crippen LogP contribution in [0.4, 0.5) is 0 Å². The second-order valence-corrected chi connectivity index (χ2v) is 37.2. The van der Waals surface area contributed by atoms with E-state index in [4.69, 9.17) is 4.74 Å². The van der Waals surface area contributed by atoms with E-state index in [1.807, 2.05) is 182 Å². The zero-order chi connectivity index (χ0) is 92.3. The van der Waals surface area contributed by atoms with Gasteiger partial charge in [0.25, 0.3) is 0 Å². The minimum Gasteiger partial charge on any atom is -0.513 e. The van der Waals surface area contributed by atoms with Crippen LogP contribution >= 0.6 is 43.6 Å². The fourth-order valence-electron chi connectivity index (χ4n) is 14.9. The van der Waals surface area contributed by atoms with Gasteiger partial charge in [-0.05, 0) is 160 Å². The van der Waals surface area contributed by atoms with Crippen LogP contribution in [0.25, 0.3) is 111 Å². The maximum Gasteiger partial charge on any atom is 2.00 e. The molecule has 0 aliphatic carbocycles. The van der Waals surface area contributed by atoms with Gasteiger partial charge in [-0.3, -0.25) is 66.2 Å². The van der Waals surface area contributed by atoms with Gasteiger partial charge in [0, 0.05) is 71.6 Å². The van der Waals surface area contributed by atoms with Gasteiger partial charge < -0.3 is 39.5 Å². The number of aromatic nitrogens is 25. The summed E-state index contributed by atoms with van der Waals surface area (Å²) in [5, 5.41) is 93.6. The van der Waals surface area contributed by atoms with Gasteiger partial charge in [0.2, 0.25) is 5.82 Å². The van der Waals surface area contributed by atoms with Crippen LogP contribution in [0.2, 0.25) is 0 Å².